The second kappa shape index (κ2) is 5.47. The van der Waals surface area contributed by atoms with Gasteiger partial charge in [-0.05, 0) is 5.92 Å². The minimum absolute atomic E-state index is 0.117. The Kier molecular flexibility index (Phi) is 4.25. The van der Waals surface area contributed by atoms with Crippen LogP contribution < -0.4 is 5.32 Å². The van der Waals surface area contributed by atoms with E-state index >= 15 is 0 Å². The Labute approximate surface area is 99.6 Å². The number of carbonyl (C=O) groups is 2. The third kappa shape index (κ3) is 3.30. The SMILES string of the molecule is CCC(C)[C@H](NC(=O)c1cnn(C)c1)C(=O)O. The molecule has 2 N–H and O–H groups in total. The first-order valence-corrected chi connectivity index (χ1v) is 5.48. The fourth-order valence-corrected chi connectivity index (χ4v) is 1.45. The van der Waals surface area contributed by atoms with E-state index in [9.17, 15) is 9.59 Å². The molecule has 1 unspecified atom stereocenters. The molecule has 0 saturated carbocycles. The standard InChI is InChI=1S/C11H17N3O3/c1-4-7(2)9(11(16)17)13-10(15)8-5-12-14(3)6-8/h5-7,9H,4H2,1-3H3,(H,13,15)(H,16,17)/t7?,9-/m0/s1. The highest BCUT2D eigenvalue weighted by Gasteiger charge is 2.25. The molecule has 0 aliphatic rings. The summed E-state index contributed by atoms with van der Waals surface area (Å²) in [7, 11) is 1.69. The maximum absolute atomic E-state index is 11.8. The molecule has 1 aromatic heterocycles. The van der Waals surface area contributed by atoms with Crippen molar-refractivity contribution in [3.63, 3.8) is 0 Å². The summed E-state index contributed by atoms with van der Waals surface area (Å²) in [6, 6.07) is -0.868. The molecule has 6 nitrogen and oxygen atoms in total. The van der Waals surface area contributed by atoms with Gasteiger partial charge in [-0.25, -0.2) is 4.79 Å². The summed E-state index contributed by atoms with van der Waals surface area (Å²) in [5.74, 6) is -1.55. The van der Waals surface area contributed by atoms with Crippen molar-refractivity contribution >= 4 is 11.9 Å². The summed E-state index contributed by atoms with van der Waals surface area (Å²) in [5, 5.41) is 15.4. The summed E-state index contributed by atoms with van der Waals surface area (Å²) in [6.45, 7) is 3.68. The molecule has 2 atom stereocenters. The number of carbonyl (C=O) groups excluding carboxylic acids is 1. The van der Waals surface area contributed by atoms with Crippen molar-refractivity contribution < 1.29 is 14.7 Å². The van der Waals surface area contributed by atoms with Gasteiger partial charge in [0.25, 0.3) is 5.91 Å². The van der Waals surface area contributed by atoms with Gasteiger partial charge in [-0.3, -0.25) is 9.48 Å². The molecule has 0 saturated heterocycles. The lowest BCUT2D eigenvalue weighted by Gasteiger charge is -2.19. The predicted molar refractivity (Wildman–Crippen MR) is 61.6 cm³/mol. The molecule has 0 aromatic carbocycles. The minimum atomic E-state index is -1.02. The third-order valence-corrected chi connectivity index (χ3v) is 2.73. The molecular weight excluding hydrogens is 222 g/mol. The average Bonchev–Trinajstić information content (AvgIpc) is 2.71. The zero-order chi connectivity index (χ0) is 13.0. The highest BCUT2D eigenvalue weighted by atomic mass is 16.4. The second-order valence-electron chi connectivity index (χ2n) is 4.08. The highest BCUT2D eigenvalue weighted by molar-refractivity contribution is 5.96. The van der Waals surface area contributed by atoms with Crippen molar-refractivity contribution in [1.82, 2.24) is 15.1 Å². The number of hydrogen-bond donors (Lipinski definition) is 2. The fourth-order valence-electron chi connectivity index (χ4n) is 1.45. The zero-order valence-corrected chi connectivity index (χ0v) is 10.2. The van der Waals surface area contributed by atoms with Crippen LogP contribution in [0.15, 0.2) is 12.4 Å². The number of carboxylic acids is 1. The van der Waals surface area contributed by atoms with Crippen molar-refractivity contribution in [1.29, 1.82) is 0 Å². The lowest BCUT2D eigenvalue weighted by molar-refractivity contribution is -0.140. The number of amides is 1. The minimum Gasteiger partial charge on any atom is -0.480 e. The van der Waals surface area contributed by atoms with Gasteiger partial charge in [0.05, 0.1) is 11.8 Å². The van der Waals surface area contributed by atoms with Crippen LogP contribution in [-0.2, 0) is 11.8 Å². The Morgan fingerprint density at radius 1 is 1.59 bits per heavy atom. The first kappa shape index (κ1) is 13.2. The molecule has 0 aliphatic carbocycles. The summed E-state index contributed by atoms with van der Waals surface area (Å²) in [4.78, 5) is 22.8. The fraction of sp³-hybridized carbons (Fsp3) is 0.545. The molecule has 0 aliphatic heterocycles. The number of hydrogen-bond acceptors (Lipinski definition) is 3. The zero-order valence-electron chi connectivity index (χ0n) is 10.2. The Hall–Kier alpha value is -1.85. The quantitative estimate of drug-likeness (QED) is 0.790. The van der Waals surface area contributed by atoms with Gasteiger partial charge in [0.1, 0.15) is 6.04 Å². The van der Waals surface area contributed by atoms with E-state index in [0.29, 0.717) is 12.0 Å². The van der Waals surface area contributed by atoms with Crippen LogP contribution in [0.25, 0.3) is 0 Å². The summed E-state index contributed by atoms with van der Waals surface area (Å²) in [5.41, 5.74) is 0.363. The van der Waals surface area contributed by atoms with E-state index in [4.69, 9.17) is 5.11 Å². The molecule has 94 valence electrons. The predicted octanol–water partition coefficient (Wildman–Crippen LogP) is 0.649. The molecule has 1 amide bonds. The third-order valence-electron chi connectivity index (χ3n) is 2.73. The van der Waals surface area contributed by atoms with Crippen LogP contribution in [0.4, 0.5) is 0 Å². The lowest BCUT2D eigenvalue weighted by atomic mass is 9.99. The van der Waals surface area contributed by atoms with Crippen LogP contribution in [-0.4, -0.2) is 32.8 Å². The molecule has 1 heterocycles. The summed E-state index contributed by atoms with van der Waals surface area (Å²) in [6.07, 6.45) is 3.64. The van der Waals surface area contributed by atoms with Crippen molar-refractivity contribution in [3.8, 4) is 0 Å². The number of carboxylic acid groups (broad SMARTS) is 1. The number of aromatic nitrogens is 2. The first-order chi connectivity index (χ1) is 7.95. The molecule has 0 fully saturated rings. The van der Waals surface area contributed by atoms with E-state index in [0.717, 1.165) is 0 Å². The van der Waals surface area contributed by atoms with Gasteiger partial charge in [0, 0.05) is 13.2 Å². The van der Waals surface area contributed by atoms with Crippen molar-refractivity contribution in [2.24, 2.45) is 13.0 Å². The largest absolute Gasteiger partial charge is 0.480 e. The van der Waals surface area contributed by atoms with Crippen LogP contribution in [0.3, 0.4) is 0 Å². The number of nitrogens with zero attached hydrogens (tertiary/aromatic N) is 2. The van der Waals surface area contributed by atoms with Gasteiger partial charge in [-0.2, -0.15) is 5.10 Å². The maximum Gasteiger partial charge on any atom is 0.326 e. The summed E-state index contributed by atoms with van der Waals surface area (Å²) < 4.78 is 1.49. The molecule has 1 aromatic rings. The monoisotopic (exact) mass is 239 g/mol. The van der Waals surface area contributed by atoms with Gasteiger partial charge in [0.2, 0.25) is 0 Å². The van der Waals surface area contributed by atoms with Crippen molar-refractivity contribution in [2.75, 3.05) is 0 Å². The van der Waals surface area contributed by atoms with Gasteiger partial charge in [0.15, 0.2) is 0 Å². The van der Waals surface area contributed by atoms with Crippen LogP contribution in [0.5, 0.6) is 0 Å². The lowest BCUT2D eigenvalue weighted by Crippen LogP contribution is -2.44. The number of aryl methyl sites for hydroxylation is 1. The van der Waals surface area contributed by atoms with Gasteiger partial charge >= 0.3 is 5.97 Å². The van der Waals surface area contributed by atoms with Gasteiger partial charge in [-0.1, -0.05) is 20.3 Å². The van der Waals surface area contributed by atoms with Gasteiger partial charge in [-0.15, -0.1) is 0 Å². The van der Waals surface area contributed by atoms with E-state index in [1.807, 2.05) is 6.92 Å². The molecule has 0 radical (unpaired) electrons. The smallest absolute Gasteiger partial charge is 0.326 e. The first-order valence-electron chi connectivity index (χ1n) is 5.48. The Morgan fingerprint density at radius 3 is 2.65 bits per heavy atom. The molecule has 0 bridgehead atoms. The highest BCUT2D eigenvalue weighted by Crippen LogP contribution is 2.09. The second-order valence-corrected chi connectivity index (χ2v) is 4.08. The Bertz CT molecular complexity index is 414. The Balaban J connectivity index is 2.74. The topological polar surface area (TPSA) is 84.2 Å². The molecule has 17 heavy (non-hydrogen) atoms. The summed E-state index contributed by atoms with van der Waals surface area (Å²) >= 11 is 0. The van der Waals surface area contributed by atoms with Crippen molar-refractivity contribution in [2.45, 2.75) is 26.3 Å². The Morgan fingerprint density at radius 2 is 2.24 bits per heavy atom. The van der Waals surface area contributed by atoms with E-state index in [-0.39, 0.29) is 5.92 Å². The van der Waals surface area contributed by atoms with E-state index in [1.165, 1.54) is 10.9 Å². The van der Waals surface area contributed by atoms with E-state index in [2.05, 4.69) is 10.4 Å². The van der Waals surface area contributed by atoms with Crippen LogP contribution >= 0.6 is 0 Å². The molecule has 0 spiro atoms. The molecule has 1 rings (SSSR count). The number of aliphatic carboxylic acids is 1. The van der Waals surface area contributed by atoms with Crippen molar-refractivity contribution in [3.05, 3.63) is 18.0 Å². The van der Waals surface area contributed by atoms with Gasteiger partial charge < -0.3 is 10.4 Å². The molecular formula is C11H17N3O3. The maximum atomic E-state index is 11.8. The van der Waals surface area contributed by atoms with E-state index < -0.39 is 17.9 Å². The van der Waals surface area contributed by atoms with Crippen LogP contribution in [0.1, 0.15) is 30.6 Å². The normalized spacial score (nSPS) is 14.1. The van der Waals surface area contributed by atoms with E-state index in [1.54, 1.807) is 20.2 Å². The van der Waals surface area contributed by atoms with Crippen LogP contribution in [0.2, 0.25) is 0 Å². The number of rotatable bonds is 5. The average molecular weight is 239 g/mol. The number of nitrogens with one attached hydrogen (secondary N) is 1. The van der Waals surface area contributed by atoms with Crippen LogP contribution in [0, 0.1) is 5.92 Å². The molecule has 6 heteroatoms.